The van der Waals surface area contributed by atoms with E-state index in [-0.39, 0.29) is 40.2 Å². The Hall–Kier alpha value is -3.39. The lowest BCUT2D eigenvalue weighted by molar-refractivity contribution is -0.186. The first kappa shape index (κ1) is 25.7. The topological polar surface area (TPSA) is 84.4 Å². The fraction of sp³-hybridized carbons (Fsp3) is 0.238. The van der Waals surface area contributed by atoms with Crippen molar-refractivity contribution in [3.05, 3.63) is 57.1 Å². The van der Waals surface area contributed by atoms with Gasteiger partial charge < -0.3 is 15.0 Å². The molecule has 0 aliphatic carbocycles. The van der Waals surface area contributed by atoms with Gasteiger partial charge in [-0.3, -0.25) is 4.79 Å². The number of thiophene rings is 1. The Kier molecular flexibility index (Phi) is 6.60. The molecule has 1 aromatic carbocycles. The van der Waals surface area contributed by atoms with Crippen molar-refractivity contribution in [2.45, 2.75) is 25.4 Å². The van der Waals surface area contributed by atoms with Gasteiger partial charge in [-0.2, -0.15) is 26.3 Å². The van der Waals surface area contributed by atoms with Crippen LogP contribution >= 0.6 is 22.9 Å². The normalized spacial score (nSPS) is 13.5. The Labute approximate surface area is 207 Å². The van der Waals surface area contributed by atoms with Crippen LogP contribution in [0.15, 0.2) is 29.8 Å². The Morgan fingerprint density at radius 1 is 1.11 bits per heavy atom. The smallest absolute Gasteiger partial charge is 0.465 e. The Balaban J connectivity index is 1.66. The van der Waals surface area contributed by atoms with Crippen LogP contribution in [-0.2, 0) is 28.8 Å². The standard InChI is InChI=1S/C21H13ClF6N4O3S/c1-35-17(33)11-4-15(36-8-11)16-12(20(23,24)25)5-29-19(31-16)30-14-3-10-7-32(18(34)21(26,27)28)6-9(10)2-13(14)22/h2-5,8H,6-7H2,1H3,(H,29,30,31). The minimum atomic E-state index is -5.03. The van der Waals surface area contributed by atoms with E-state index in [9.17, 15) is 35.9 Å². The number of esters is 1. The quantitative estimate of drug-likeness (QED) is 0.326. The first-order chi connectivity index (χ1) is 16.8. The summed E-state index contributed by atoms with van der Waals surface area (Å²) in [5, 5.41) is 4.02. The molecule has 1 aliphatic heterocycles. The zero-order valence-corrected chi connectivity index (χ0v) is 19.5. The SMILES string of the molecule is COC(=O)c1csc(-c2nc(Nc3cc4c(cc3Cl)CN(C(=O)C(F)(F)F)C4)ncc2C(F)(F)F)c1. The first-order valence-corrected chi connectivity index (χ1v) is 11.1. The van der Waals surface area contributed by atoms with E-state index in [1.54, 1.807) is 0 Å². The Bertz CT molecular complexity index is 1360. The Morgan fingerprint density at radius 2 is 1.78 bits per heavy atom. The maximum Gasteiger partial charge on any atom is 0.471 e. The van der Waals surface area contributed by atoms with Gasteiger partial charge in [0.05, 0.1) is 34.0 Å². The lowest BCUT2D eigenvalue weighted by Gasteiger charge is -2.16. The third kappa shape index (κ3) is 5.09. The lowest BCUT2D eigenvalue weighted by atomic mass is 10.1. The highest BCUT2D eigenvalue weighted by molar-refractivity contribution is 7.13. The van der Waals surface area contributed by atoms with Gasteiger partial charge in [-0.25, -0.2) is 14.8 Å². The second kappa shape index (κ2) is 9.24. The number of nitrogens with zero attached hydrogens (tertiary/aromatic N) is 3. The van der Waals surface area contributed by atoms with Crippen LogP contribution in [0.25, 0.3) is 10.6 Å². The average molecular weight is 551 g/mol. The van der Waals surface area contributed by atoms with Gasteiger partial charge in [-0.05, 0) is 29.3 Å². The number of alkyl halides is 6. The molecule has 0 saturated carbocycles. The molecule has 0 radical (unpaired) electrons. The average Bonchev–Trinajstić information content (AvgIpc) is 3.44. The molecule has 4 rings (SSSR count). The highest BCUT2D eigenvalue weighted by atomic mass is 35.5. The van der Waals surface area contributed by atoms with Crippen molar-refractivity contribution in [2.24, 2.45) is 0 Å². The maximum atomic E-state index is 13.6. The molecule has 1 N–H and O–H groups in total. The van der Waals surface area contributed by atoms with Crippen LogP contribution in [0, 0.1) is 0 Å². The molecular formula is C21H13ClF6N4O3S. The van der Waals surface area contributed by atoms with Crippen molar-refractivity contribution in [1.82, 2.24) is 14.9 Å². The zero-order valence-electron chi connectivity index (χ0n) is 17.9. The van der Waals surface area contributed by atoms with E-state index in [0.29, 0.717) is 22.2 Å². The fourth-order valence-corrected chi connectivity index (χ4v) is 4.60. The van der Waals surface area contributed by atoms with E-state index in [2.05, 4.69) is 20.0 Å². The molecule has 3 aromatic rings. The molecule has 1 aliphatic rings. The van der Waals surface area contributed by atoms with Crippen molar-refractivity contribution in [3.8, 4) is 10.6 Å². The van der Waals surface area contributed by atoms with Gasteiger partial charge >= 0.3 is 24.2 Å². The highest BCUT2D eigenvalue weighted by Crippen LogP contribution is 2.39. The molecule has 2 aromatic heterocycles. The third-order valence-corrected chi connectivity index (χ3v) is 6.39. The van der Waals surface area contributed by atoms with Crippen LogP contribution in [0.3, 0.4) is 0 Å². The van der Waals surface area contributed by atoms with Crippen molar-refractivity contribution < 1.29 is 40.7 Å². The number of amides is 1. The van der Waals surface area contributed by atoms with E-state index in [0.717, 1.165) is 18.4 Å². The molecule has 15 heteroatoms. The molecule has 7 nitrogen and oxygen atoms in total. The molecule has 0 fully saturated rings. The highest BCUT2D eigenvalue weighted by Gasteiger charge is 2.44. The number of rotatable bonds is 4. The second-order valence-corrected chi connectivity index (χ2v) is 8.85. The minimum Gasteiger partial charge on any atom is -0.465 e. The van der Waals surface area contributed by atoms with E-state index in [1.165, 1.54) is 23.6 Å². The molecule has 190 valence electrons. The van der Waals surface area contributed by atoms with Gasteiger partial charge in [0.1, 0.15) is 5.56 Å². The summed E-state index contributed by atoms with van der Waals surface area (Å²) >= 11 is 7.06. The summed E-state index contributed by atoms with van der Waals surface area (Å²) in [5.41, 5.74) is -0.729. The molecule has 0 saturated heterocycles. The number of benzene rings is 1. The number of methoxy groups -OCH3 is 1. The molecule has 36 heavy (non-hydrogen) atoms. The third-order valence-electron chi connectivity index (χ3n) is 5.14. The van der Waals surface area contributed by atoms with Crippen LogP contribution in [-0.4, -0.2) is 40.0 Å². The van der Waals surface area contributed by atoms with Gasteiger partial charge in [0.2, 0.25) is 5.95 Å². The Morgan fingerprint density at radius 3 is 2.39 bits per heavy atom. The summed E-state index contributed by atoms with van der Waals surface area (Å²) in [5.74, 6) is -3.02. The summed E-state index contributed by atoms with van der Waals surface area (Å²) in [4.78, 5) is 31.5. The number of hydrogen-bond acceptors (Lipinski definition) is 7. The first-order valence-electron chi connectivity index (χ1n) is 9.83. The summed E-state index contributed by atoms with van der Waals surface area (Å²) < 4.78 is 83.7. The van der Waals surface area contributed by atoms with Crippen LogP contribution in [0.5, 0.6) is 0 Å². The van der Waals surface area contributed by atoms with Crippen LogP contribution < -0.4 is 5.32 Å². The van der Waals surface area contributed by atoms with Gasteiger partial charge in [0, 0.05) is 24.7 Å². The van der Waals surface area contributed by atoms with Crippen molar-refractivity contribution in [3.63, 3.8) is 0 Å². The number of aromatic nitrogens is 2. The van der Waals surface area contributed by atoms with Crippen molar-refractivity contribution in [1.29, 1.82) is 0 Å². The number of halogens is 7. The summed E-state index contributed by atoms with van der Waals surface area (Å²) in [6.07, 6.45) is -9.27. The predicted molar refractivity (Wildman–Crippen MR) is 117 cm³/mol. The minimum absolute atomic E-state index is 0.0227. The monoisotopic (exact) mass is 550 g/mol. The van der Waals surface area contributed by atoms with E-state index in [1.807, 2.05) is 0 Å². The van der Waals surface area contributed by atoms with Gasteiger partial charge in [-0.15, -0.1) is 11.3 Å². The van der Waals surface area contributed by atoms with E-state index in [4.69, 9.17) is 11.6 Å². The second-order valence-electron chi connectivity index (χ2n) is 7.53. The molecule has 0 unspecified atom stereocenters. The van der Waals surface area contributed by atoms with Gasteiger partial charge in [-0.1, -0.05) is 11.6 Å². The number of carbonyl (C=O) groups is 2. The van der Waals surface area contributed by atoms with E-state index < -0.39 is 35.5 Å². The maximum absolute atomic E-state index is 13.6. The lowest BCUT2D eigenvalue weighted by Crippen LogP contribution is -2.37. The number of fused-ring (bicyclic) bond motifs is 1. The van der Waals surface area contributed by atoms with Crippen molar-refractivity contribution in [2.75, 3.05) is 12.4 Å². The summed E-state index contributed by atoms with van der Waals surface area (Å²) in [6.45, 7) is -0.625. The van der Waals surface area contributed by atoms with E-state index >= 15 is 0 Å². The number of carbonyl (C=O) groups excluding carboxylic acids is 2. The molecule has 0 atom stereocenters. The largest absolute Gasteiger partial charge is 0.471 e. The number of nitrogens with one attached hydrogen (secondary N) is 1. The number of hydrogen-bond donors (Lipinski definition) is 1. The van der Waals surface area contributed by atoms with Crippen LogP contribution in [0.4, 0.5) is 38.0 Å². The molecule has 3 heterocycles. The molecule has 0 bridgehead atoms. The zero-order chi connectivity index (χ0) is 26.4. The number of anilines is 2. The molecular weight excluding hydrogens is 538 g/mol. The summed E-state index contributed by atoms with van der Waals surface area (Å²) in [7, 11) is 1.13. The van der Waals surface area contributed by atoms with Crippen LogP contribution in [0.1, 0.15) is 27.0 Å². The van der Waals surface area contributed by atoms with Gasteiger partial charge in [0.25, 0.3) is 0 Å². The van der Waals surface area contributed by atoms with Crippen molar-refractivity contribution >= 4 is 46.4 Å². The fourth-order valence-electron chi connectivity index (χ4n) is 3.48. The molecule has 1 amide bonds. The van der Waals surface area contributed by atoms with Crippen LogP contribution in [0.2, 0.25) is 5.02 Å². The number of ether oxygens (including phenoxy) is 1. The predicted octanol–water partition coefficient (Wildman–Crippen LogP) is 5.81. The summed E-state index contributed by atoms with van der Waals surface area (Å²) in [6, 6.07) is 3.94. The molecule has 0 spiro atoms. The van der Waals surface area contributed by atoms with Gasteiger partial charge in [0.15, 0.2) is 0 Å².